The third kappa shape index (κ3) is 4.40. The number of hydrogen-bond donors (Lipinski definition) is 3. The summed E-state index contributed by atoms with van der Waals surface area (Å²) in [6.07, 6.45) is 1.38. The molecule has 0 aliphatic carbocycles. The molecule has 0 aliphatic rings. The summed E-state index contributed by atoms with van der Waals surface area (Å²) in [6, 6.07) is 11.6. The van der Waals surface area contributed by atoms with Gasteiger partial charge in [-0.1, -0.05) is 30.3 Å². The van der Waals surface area contributed by atoms with Crippen molar-refractivity contribution in [2.24, 2.45) is 0 Å². The molecule has 4 aromatic rings. The van der Waals surface area contributed by atoms with Crippen LogP contribution in [-0.4, -0.2) is 36.0 Å². The molecule has 3 N–H and O–H groups in total. The van der Waals surface area contributed by atoms with Crippen LogP contribution in [-0.2, 0) is 20.8 Å². The summed E-state index contributed by atoms with van der Waals surface area (Å²) in [5, 5.41) is 14.7. The van der Waals surface area contributed by atoms with Crippen molar-refractivity contribution < 1.29 is 28.3 Å². The van der Waals surface area contributed by atoms with Gasteiger partial charge in [0.05, 0.1) is 24.8 Å². The molecule has 2 aromatic heterocycles. The van der Waals surface area contributed by atoms with Gasteiger partial charge in [-0.3, -0.25) is 14.4 Å². The van der Waals surface area contributed by atoms with Gasteiger partial charge < -0.3 is 24.6 Å². The monoisotopic (exact) mass is 462 g/mol. The number of benzene rings is 2. The second-order valence-corrected chi connectivity index (χ2v) is 7.89. The van der Waals surface area contributed by atoms with Crippen molar-refractivity contribution in [1.82, 2.24) is 10.6 Å². The number of nitrogens with one attached hydrogen (secondary N) is 2. The number of aryl methyl sites for hydroxylation is 2. The lowest BCUT2D eigenvalue weighted by atomic mass is 9.97. The molecule has 9 nitrogen and oxygen atoms in total. The quantitative estimate of drug-likeness (QED) is 0.359. The lowest BCUT2D eigenvalue weighted by Crippen LogP contribution is -2.39. The molecule has 0 spiro atoms. The van der Waals surface area contributed by atoms with Gasteiger partial charge in [0.15, 0.2) is 0 Å². The summed E-state index contributed by atoms with van der Waals surface area (Å²) in [5.74, 6) is -2.41. The Bertz CT molecular complexity index is 1480. The fourth-order valence-corrected chi connectivity index (χ4v) is 3.88. The topological polar surface area (TPSA) is 139 Å². The van der Waals surface area contributed by atoms with Crippen LogP contribution in [0.3, 0.4) is 0 Å². The normalized spacial score (nSPS) is 11.0. The van der Waals surface area contributed by atoms with E-state index in [1.54, 1.807) is 13.2 Å². The second-order valence-electron chi connectivity index (χ2n) is 7.89. The van der Waals surface area contributed by atoms with Gasteiger partial charge in [0.2, 0.25) is 11.8 Å². The molecule has 0 saturated heterocycles. The molecule has 9 heteroatoms. The molecule has 0 fully saturated rings. The van der Waals surface area contributed by atoms with E-state index in [-0.39, 0.29) is 12.0 Å². The zero-order valence-electron chi connectivity index (χ0n) is 18.6. The summed E-state index contributed by atoms with van der Waals surface area (Å²) in [4.78, 5) is 47.2. The molecule has 174 valence electrons. The minimum Gasteiger partial charge on any atom is -0.480 e. The lowest BCUT2D eigenvalue weighted by molar-refractivity contribution is -0.137. The van der Waals surface area contributed by atoms with Crippen molar-refractivity contribution >= 4 is 39.7 Å². The van der Waals surface area contributed by atoms with Crippen molar-refractivity contribution in [3.8, 4) is 11.1 Å². The van der Waals surface area contributed by atoms with E-state index in [2.05, 4.69) is 10.6 Å². The maximum Gasteiger partial charge on any atom is 0.340 e. The maximum absolute atomic E-state index is 12.7. The maximum atomic E-state index is 12.7. The molecule has 0 radical (unpaired) electrons. The average Bonchev–Trinajstić information content (AvgIpc) is 3.25. The first-order chi connectivity index (χ1) is 16.3. The van der Waals surface area contributed by atoms with Crippen LogP contribution in [0.4, 0.5) is 0 Å². The smallest absolute Gasteiger partial charge is 0.340 e. The SMILES string of the molecule is Cc1c(CC(=O)NCC(=O)NCC(=O)O)c(=O)oc2c(C)c3occ(-c4ccccc4)c3cc12. The van der Waals surface area contributed by atoms with Crippen LogP contribution in [0, 0.1) is 13.8 Å². The summed E-state index contributed by atoms with van der Waals surface area (Å²) in [7, 11) is 0. The molecule has 0 unspecified atom stereocenters. The zero-order valence-corrected chi connectivity index (χ0v) is 18.6. The number of carboxylic acid groups (broad SMARTS) is 1. The van der Waals surface area contributed by atoms with Gasteiger partial charge in [-0.05, 0) is 31.0 Å². The fraction of sp³-hybridized carbons (Fsp3) is 0.200. The van der Waals surface area contributed by atoms with E-state index in [0.29, 0.717) is 27.7 Å². The Labute approximate surface area is 193 Å². The molecule has 2 amide bonds. The minimum absolute atomic E-state index is 0.180. The number of carboxylic acids is 1. The van der Waals surface area contributed by atoms with Crippen LogP contribution in [0.2, 0.25) is 0 Å². The molecular formula is C25H22N2O7. The second kappa shape index (κ2) is 9.22. The molecule has 0 atom stereocenters. The van der Waals surface area contributed by atoms with Crippen LogP contribution in [0.1, 0.15) is 16.7 Å². The molecule has 0 bridgehead atoms. The molecule has 0 aliphatic heterocycles. The third-order valence-corrected chi connectivity index (χ3v) is 5.65. The van der Waals surface area contributed by atoms with Gasteiger partial charge in [0.25, 0.3) is 0 Å². The highest BCUT2D eigenvalue weighted by molar-refractivity contribution is 6.05. The van der Waals surface area contributed by atoms with Gasteiger partial charge in [0.1, 0.15) is 17.7 Å². The number of carbonyl (C=O) groups excluding carboxylic acids is 2. The zero-order chi connectivity index (χ0) is 24.4. The van der Waals surface area contributed by atoms with Crippen LogP contribution in [0.5, 0.6) is 0 Å². The average molecular weight is 462 g/mol. The molecule has 2 heterocycles. The molecule has 0 saturated carbocycles. The van der Waals surface area contributed by atoms with Gasteiger partial charge in [-0.25, -0.2) is 4.79 Å². The number of rotatable bonds is 7. The van der Waals surface area contributed by atoms with Crippen molar-refractivity contribution in [3.05, 3.63) is 69.8 Å². The molecular weight excluding hydrogens is 440 g/mol. The fourth-order valence-electron chi connectivity index (χ4n) is 3.88. The number of carbonyl (C=O) groups is 3. The van der Waals surface area contributed by atoms with Gasteiger partial charge in [-0.15, -0.1) is 0 Å². The van der Waals surface area contributed by atoms with E-state index in [1.165, 1.54) is 0 Å². The number of hydrogen-bond acceptors (Lipinski definition) is 6. The third-order valence-electron chi connectivity index (χ3n) is 5.65. The summed E-state index contributed by atoms with van der Waals surface area (Å²) in [5.41, 5.74) is 3.71. The number of amides is 2. The summed E-state index contributed by atoms with van der Waals surface area (Å²) < 4.78 is 11.4. The Hall–Kier alpha value is -4.40. The van der Waals surface area contributed by atoms with Crippen molar-refractivity contribution in [1.29, 1.82) is 0 Å². The van der Waals surface area contributed by atoms with Crippen molar-refractivity contribution in [3.63, 3.8) is 0 Å². The van der Waals surface area contributed by atoms with E-state index in [1.807, 2.05) is 43.3 Å². The lowest BCUT2D eigenvalue weighted by Gasteiger charge is -2.11. The first kappa shape index (κ1) is 22.8. The molecule has 4 rings (SSSR count). The Balaban J connectivity index is 1.67. The first-order valence-electron chi connectivity index (χ1n) is 10.5. The summed E-state index contributed by atoms with van der Waals surface area (Å²) >= 11 is 0. The summed E-state index contributed by atoms with van der Waals surface area (Å²) in [6.45, 7) is 2.61. The Morgan fingerprint density at radius 1 is 0.912 bits per heavy atom. The van der Waals surface area contributed by atoms with E-state index in [0.717, 1.165) is 16.5 Å². The van der Waals surface area contributed by atoms with Crippen LogP contribution >= 0.6 is 0 Å². The van der Waals surface area contributed by atoms with E-state index in [9.17, 15) is 19.2 Å². The first-order valence-corrected chi connectivity index (χ1v) is 10.5. The Morgan fingerprint density at radius 3 is 2.32 bits per heavy atom. The predicted octanol–water partition coefficient (Wildman–Crippen LogP) is 2.68. The van der Waals surface area contributed by atoms with Gasteiger partial charge >= 0.3 is 11.6 Å². The molecule has 2 aromatic carbocycles. The minimum atomic E-state index is -1.19. The highest BCUT2D eigenvalue weighted by Gasteiger charge is 2.20. The van der Waals surface area contributed by atoms with E-state index in [4.69, 9.17) is 13.9 Å². The Morgan fingerprint density at radius 2 is 1.62 bits per heavy atom. The van der Waals surface area contributed by atoms with Gasteiger partial charge in [-0.2, -0.15) is 0 Å². The highest BCUT2D eigenvalue weighted by atomic mass is 16.4. The molecule has 34 heavy (non-hydrogen) atoms. The highest BCUT2D eigenvalue weighted by Crippen LogP contribution is 2.37. The van der Waals surface area contributed by atoms with E-state index < -0.39 is 36.5 Å². The van der Waals surface area contributed by atoms with Crippen LogP contribution in [0.25, 0.3) is 33.1 Å². The van der Waals surface area contributed by atoms with E-state index >= 15 is 0 Å². The number of aliphatic carboxylic acids is 1. The van der Waals surface area contributed by atoms with Crippen LogP contribution < -0.4 is 16.3 Å². The predicted molar refractivity (Wildman–Crippen MR) is 125 cm³/mol. The number of fused-ring (bicyclic) bond motifs is 2. The van der Waals surface area contributed by atoms with Crippen LogP contribution in [0.15, 0.2) is 56.3 Å². The number of furan rings is 1. The standard InChI is InChI=1S/C25H22N2O7/c1-13-16-8-18-19(15-6-4-3-5-7-15)12-33-23(18)14(2)24(16)34-25(32)17(13)9-20(28)26-10-21(29)27-11-22(30)31/h3-8,12H,9-11H2,1-2H3,(H,26,28)(H,27,29)(H,30,31). The largest absolute Gasteiger partial charge is 0.480 e. The Kier molecular flexibility index (Phi) is 6.18. The van der Waals surface area contributed by atoms with Gasteiger partial charge in [0, 0.05) is 21.9 Å². The van der Waals surface area contributed by atoms with Crippen molar-refractivity contribution in [2.75, 3.05) is 13.1 Å². The van der Waals surface area contributed by atoms with Crippen molar-refractivity contribution in [2.45, 2.75) is 20.3 Å².